The van der Waals surface area contributed by atoms with Gasteiger partial charge in [-0.25, -0.2) is 0 Å². The zero-order chi connectivity index (χ0) is 21.2. The van der Waals surface area contributed by atoms with Gasteiger partial charge in [0.1, 0.15) is 12.4 Å². The maximum Gasteiger partial charge on any atom is 0.313 e. The van der Waals surface area contributed by atoms with Gasteiger partial charge >= 0.3 is 11.9 Å². The van der Waals surface area contributed by atoms with Crippen molar-refractivity contribution in [2.75, 3.05) is 6.61 Å². The van der Waals surface area contributed by atoms with Crippen LogP contribution in [-0.4, -0.2) is 35.8 Å². The van der Waals surface area contributed by atoms with Crippen LogP contribution < -0.4 is 5.32 Å². The molecule has 4 atom stereocenters. The number of aliphatic hydroxyl groups is 1. The van der Waals surface area contributed by atoms with Crippen LogP contribution in [-0.2, 0) is 32.2 Å². The fourth-order valence-corrected chi connectivity index (χ4v) is 3.14. The Labute approximate surface area is 171 Å². The van der Waals surface area contributed by atoms with Crippen molar-refractivity contribution in [3.8, 4) is 0 Å². The van der Waals surface area contributed by atoms with Crippen LogP contribution in [0.15, 0.2) is 53.1 Å². The molecule has 7 heteroatoms. The molecule has 0 fully saturated rings. The van der Waals surface area contributed by atoms with E-state index < -0.39 is 35.9 Å². The van der Waals surface area contributed by atoms with Gasteiger partial charge in [-0.05, 0) is 31.5 Å². The van der Waals surface area contributed by atoms with E-state index in [1.807, 2.05) is 30.3 Å². The molecule has 7 nitrogen and oxygen atoms in total. The summed E-state index contributed by atoms with van der Waals surface area (Å²) in [5.74, 6) is -2.04. The first kappa shape index (κ1) is 22.6. The van der Waals surface area contributed by atoms with E-state index in [-0.39, 0.29) is 19.8 Å². The molecule has 1 aromatic carbocycles. The third kappa shape index (κ3) is 6.73. The third-order valence-electron chi connectivity index (χ3n) is 4.69. The second-order valence-corrected chi connectivity index (χ2v) is 6.89. The van der Waals surface area contributed by atoms with Crippen molar-refractivity contribution in [1.29, 1.82) is 0 Å². The van der Waals surface area contributed by atoms with Crippen LogP contribution in [0.3, 0.4) is 0 Å². The average Bonchev–Trinajstić information content (AvgIpc) is 3.22. The summed E-state index contributed by atoms with van der Waals surface area (Å²) in [5.41, 5.74) is 0.866. The number of benzene rings is 1. The molecule has 0 aliphatic rings. The van der Waals surface area contributed by atoms with E-state index in [9.17, 15) is 14.7 Å². The summed E-state index contributed by atoms with van der Waals surface area (Å²) in [6.45, 7) is 5.47. The minimum atomic E-state index is -1.02. The number of furan rings is 1. The molecule has 29 heavy (non-hydrogen) atoms. The van der Waals surface area contributed by atoms with Gasteiger partial charge in [0.05, 0.1) is 37.4 Å². The Kier molecular flexibility index (Phi) is 8.89. The number of nitrogens with one attached hydrogen (secondary N) is 1. The molecule has 0 radical (unpaired) electrons. The molecule has 0 bridgehead atoms. The minimum absolute atomic E-state index is 0.133. The standard InChI is InChI=1S/C22H29NO6/c1-4-27-22(26)19(16(3)24)20(23-13-18-11-8-12-28-18)15(2)21(25)29-14-17-9-6-5-7-10-17/h5-12,15-16,19-20,23-24H,4,13-14H2,1-3H3. The molecule has 2 N–H and O–H groups in total. The van der Waals surface area contributed by atoms with Crippen molar-refractivity contribution in [1.82, 2.24) is 5.32 Å². The van der Waals surface area contributed by atoms with E-state index in [4.69, 9.17) is 13.9 Å². The molecule has 1 aromatic heterocycles. The first-order chi connectivity index (χ1) is 13.9. The number of aliphatic hydroxyl groups excluding tert-OH is 1. The Bertz CT molecular complexity index is 744. The molecule has 2 rings (SSSR count). The van der Waals surface area contributed by atoms with E-state index in [1.54, 1.807) is 32.2 Å². The highest BCUT2D eigenvalue weighted by molar-refractivity contribution is 5.78. The second kappa shape index (κ2) is 11.4. The molecule has 0 spiro atoms. The van der Waals surface area contributed by atoms with Crippen molar-refractivity contribution in [2.45, 2.75) is 46.1 Å². The molecule has 4 unspecified atom stereocenters. The molecule has 1 heterocycles. The van der Waals surface area contributed by atoms with Gasteiger partial charge in [0.25, 0.3) is 0 Å². The van der Waals surface area contributed by atoms with Crippen LogP contribution in [0.4, 0.5) is 0 Å². The van der Waals surface area contributed by atoms with Crippen molar-refractivity contribution in [2.24, 2.45) is 11.8 Å². The lowest BCUT2D eigenvalue weighted by atomic mass is 9.85. The van der Waals surface area contributed by atoms with E-state index in [0.717, 1.165) is 5.56 Å². The molecule has 0 aliphatic heterocycles. The van der Waals surface area contributed by atoms with Gasteiger partial charge in [0, 0.05) is 6.04 Å². The van der Waals surface area contributed by atoms with Gasteiger partial charge in [-0.15, -0.1) is 0 Å². The van der Waals surface area contributed by atoms with E-state index in [2.05, 4.69) is 5.32 Å². The normalized spacial score (nSPS) is 15.2. The topological polar surface area (TPSA) is 98.0 Å². The zero-order valence-corrected chi connectivity index (χ0v) is 17.0. The summed E-state index contributed by atoms with van der Waals surface area (Å²) in [7, 11) is 0. The van der Waals surface area contributed by atoms with Gasteiger partial charge < -0.3 is 24.3 Å². The van der Waals surface area contributed by atoms with Gasteiger partial charge in [-0.3, -0.25) is 9.59 Å². The van der Waals surface area contributed by atoms with E-state index >= 15 is 0 Å². The lowest BCUT2D eigenvalue weighted by Gasteiger charge is -2.31. The molecule has 158 valence electrons. The smallest absolute Gasteiger partial charge is 0.313 e. The van der Waals surface area contributed by atoms with E-state index in [0.29, 0.717) is 5.76 Å². The highest BCUT2D eigenvalue weighted by Crippen LogP contribution is 2.22. The number of hydrogen-bond acceptors (Lipinski definition) is 7. The first-order valence-electron chi connectivity index (χ1n) is 9.75. The monoisotopic (exact) mass is 403 g/mol. The predicted molar refractivity (Wildman–Crippen MR) is 107 cm³/mol. The molecular weight excluding hydrogens is 374 g/mol. The largest absolute Gasteiger partial charge is 0.468 e. The summed E-state index contributed by atoms with van der Waals surface area (Å²) in [4.78, 5) is 25.2. The quantitative estimate of drug-likeness (QED) is 0.557. The maximum atomic E-state index is 12.7. The average molecular weight is 403 g/mol. The molecule has 0 aliphatic carbocycles. The van der Waals surface area contributed by atoms with Crippen LogP contribution in [0.1, 0.15) is 32.1 Å². The van der Waals surface area contributed by atoms with E-state index in [1.165, 1.54) is 6.92 Å². The summed E-state index contributed by atoms with van der Waals surface area (Å²) in [5, 5.41) is 13.4. The number of hydrogen-bond donors (Lipinski definition) is 2. The third-order valence-corrected chi connectivity index (χ3v) is 4.69. The van der Waals surface area contributed by atoms with Gasteiger partial charge in [-0.2, -0.15) is 0 Å². The Hall–Kier alpha value is -2.64. The Morgan fingerprint density at radius 1 is 1.07 bits per heavy atom. The lowest BCUT2D eigenvalue weighted by Crippen LogP contribution is -2.51. The lowest BCUT2D eigenvalue weighted by molar-refractivity contribution is -0.158. The Morgan fingerprint density at radius 3 is 2.38 bits per heavy atom. The van der Waals surface area contributed by atoms with Crippen molar-refractivity contribution >= 4 is 11.9 Å². The number of carbonyl (C=O) groups is 2. The maximum absolute atomic E-state index is 12.7. The molecule has 0 saturated carbocycles. The predicted octanol–water partition coefficient (Wildman–Crippen LogP) is 2.68. The van der Waals surface area contributed by atoms with Crippen LogP contribution in [0, 0.1) is 11.8 Å². The molecule has 0 saturated heterocycles. The summed E-state index contributed by atoms with van der Waals surface area (Å²) in [6, 6.07) is 12.2. The second-order valence-electron chi connectivity index (χ2n) is 6.89. The first-order valence-corrected chi connectivity index (χ1v) is 9.75. The Morgan fingerprint density at radius 2 is 1.79 bits per heavy atom. The van der Waals surface area contributed by atoms with Crippen LogP contribution in [0.2, 0.25) is 0 Å². The molecular formula is C22H29NO6. The van der Waals surface area contributed by atoms with Crippen LogP contribution in [0.25, 0.3) is 0 Å². The van der Waals surface area contributed by atoms with Gasteiger partial charge in [0.2, 0.25) is 0 Å². The molecule has 2 aromatic rings. The van der Waals surface area contributed by atoms with Gasteiger partial charge in [0.15, 0.2) is 0 Å². The fourth-order valence-electron chi connectivity index (χ4n) is 3.14. The minimum Gasteiger partial charge on any atom is -0.468 e. The van der Waals surface area contributed by atoms with Crippen molar-refractivity contribution < 1.29 is 28.6 Å². The number of esters is 2. The number of rotatable bonds is 11. The van der Waals surface area contributed by atoms with Crippen molar-refractivity contribution in [3.05, 3.63) is 60.1 Å². The van der Waals surface area contributed by atoms with Gasteiger partial charge in [-0.1, -0.05) is 37.3 Å². The SMILES string of the molecule is CCOC(=O)C(C(C)O)C(NCc1ccco1)C(C)C(=O)OCc1ccccc1. The van der Waals surface area contributed by atoms with Crippen molar-refractivity contribution in [3.63, 3.8) is 0 Å². The fraction of sp³-hybridized carbons (Fsp3) is 0.455. The number of ether oxygens (including phenoxy) is 2. The number of carbonyl (C=O) groups excluding carboxylic acids is 2. The van der Waals surface area contributed by atoms with Crippen LogP contribution in [0.5, 0.6) is 0 Å². The highest BCUT2D eigenvalue weighted by Gasteiger charge is 2.40. The zero-order valence-electron chi connectivity index (χ0n) is 17.0. The van der Waals surface area contributed by atoms with Crippen LogP contribution >= 0.6 is 0 Å². The summed E-state index contributed by atoms with van der Waals surface area (Å²) in [6.07, 6.45) is 0.522. The summed E-state index contributed by atoms with van der Waals surface area (Å²) < 4.78 is 15.9. The summed E-state index contributed by atoms with van der Waals surface area (Å²) >= 11 is 0. The highest BCUT2D eigenvalue weighted by atomic mass is 16.5. The molecule has 0 amide bonds. The Balaban J connectivity index is 2.14.